The van der Waals surface area contributed by atoms with E-state index in [-0.39, 0.29) is 24.3 Å². The monoisotopic (exact) mass is 274 g/mol. The predicted octanol–water partition coefficient (Wildman–Crippen LogP) is 4.47. The second kappa shape index (κ2) is 5.04. The molecule has 0 aromatic heterocycles. The normalized spacial score (nSPS) is 12.8. The molecule has 0 amide bonds. The first-order chi connectivity index (χ1) is 9.63. The maximum absolute atomic E-state index is 14.0. The fraction of sp³-hybridized carbons (Fsp3) is 0.250. The number of halogens is 1. The van der Waals surface area contributed by atoms with Gasteiger partial charge in [0.15, 0.2) is 23.1 Å². The molecule has 0 spiro atoms. The van der Waals surface area contributed by atoms with Gasteiger partial charge in [-0.1, -0.05) is 19.9 Å². The number of rotatable bonds is 3. The minimum atomic E-state index is -0.367. The number of hydrogen-bond donors (Lipinski definition) is 0. The van der Waals surface area contributed by atoms with Crippen molar-refractivity contribution in [1.29, 1.82) is 0 Å². The third-order valence-corrected chi connectivity index (χ3v) is 3.19. The van der Waals surface area contributed by atoms with Crippen LogP contribution in [-0.2, 0) is 0 Å². The molecule has 1 aliphatic rings. The number of hydrogen-bond acceptors (Lipinski definition) is 3. The van der Waals surface area contributed by atoms with Gasteiger partial charge in [-0.15, -0.1) is 0 Å². The van der Waals surface area contributed by atoms with Gasteiger partial charge in [0.2, 0.25) is 6.79 Å². The molecule has 1 heterocycles. The standard InChI is InChI=1S/C16H15FO3/c1-10(2)11-3-5-14(13(17)7-11)20-12-4-6-15-16(8-12)19-9-18-15/h3-8,10H,9H2,1-2H3. The molecule has 0 radical (unpaired) electrons. The molecule has 2 aromatic rings. The molecule has 4 heteroatoms. The zero-order chi connectivity index (χ0) is 14.1. The van der Waals surface area contributed by atoms with E-state index < -0.39 is 0 Å². The van der Waals surface area contributed by atoms with Crippen LogP contribution in [0.25, 0.3) is 0 Å². The fourth-order valence-corrected chi connectivity index (χ4v) is 2.03. The zero-order valence-corrected chi connectivity index (χ0v) is 11.4. The van der Waals surface area contributed by atoms with Crippen LogP contribution >= 0.6 is 0 Å². The van der Waals surface area contributed by atoms with Crippen molar-refractivity contribution in [3.63, 3.8) is 0 Å². The molecule has 0 N–H and O–H groups in total. The topological polar surface area (TPSA) is 27.7 Å². The van der Waals surface area contributed by atoms with E-state index in [4.69, 9.17) is 14.2 Å². The SMILES string of the molecule is CC(C)c1ccc(Oc2ccc3c(c2)OCO3)c(F)c1. The molecule has 0 aliphatic carbocycles. The Morgan fingerprint density at radius 2 is 1.85 bits per heavy atom. The van der Waals surface area contributed by atoms with E-state index in [1.54, 1.807) is 24.3 Å². The van der Waals surface area contributed by atoms with Crippen LogP contribution in [-0.4, -0.2) is 6.79 Å². The van der Waals surface area contributed by atoms with Crippen LogP contribution in [0.1, 0.15) is 25.3 Å². The van der Waals surface area contributed by atoms with Crippen LogP contribution in [0.5, 0.6) is 23.0 Å². The summed E-state index contributed by atoms with van der Waals surface area (Å²) >= 11 is 0. The lowest BCUT2D eigenvalue weighted by molar-refractivity contribution is 0.174. The number of ether oxygens (including phenoxy) is 3. The molecule has 2 aromatic carbocycles. The van der Waals surface area contributed by atoms with Crippen molar-refractivity contribution in [2.45, 2.75) is 19.8 Å². The summed E-state index contributed by atoms with van der Waals surface area (Å²) in [7, 11) is 0. The largest absolute Gasteiger partial charge is 0.454 e. The van der Waals surface area contributed by atoms with Crippen LogP contribution in [0.2, 0.25) is 0 Å². The molecule has 0 bridgehead atoms. The smallest absolute Gasteiger partial charge is 0.231 e. The summed E-state index contributed by atoms with van der Waals surface area (Å²) in [5.41, 5.74) is 0.945. The zero-order valence-electron chi connectivity index (χ0n) is 11.4. The van der Waals surface area contributed by atoms with Gasteiger partial charge in [-0.25, -0.2) is 4.39 Å². The maximum Gasteiger partial charge on any atom is 0.231 e. The highest BCUT2D eigenvalue weighted by atomic mass is 19.1. The van der Waals surface area contributed by atoms with E-state index in [9.17, 15) is 4.39 Å². The Kier molecular flexibility index (Phi) is 3.22. The van der Waals surface area contributed by atoms with E-state index in [1.807, 2.05) is 19.9 Å². The Morgan fingerprint density at radius 3 is 2.60 bits per heavy atom. The minimum absolute atomic E-state index is 0.202. The number of benzene rings is 2. The Bertz CT molecular complexity index is 638. The van der Waals surface area contributed by atoms with Gasteiger partial charge in [-0.3, -0.25) is 0 Å². The van der Waals surface area contributed by atoms with E-state index in [1.165, 1.54) is 6.07 Å². The molecular formula is C16H15FO3. The van der Waals surface area contributed by atoms with Crippen molar-refractivity contribution in [2.24, 2.45) is 0 Å². The quantitative estimate of drug-likeness (QED) is 0.826. The lowest BCUT2D eigenvalue weighted by Gasteiger charge is -2.10. The van der Waals surface area contributed by atoms with Gasteiger partial charge in [0.05, 0.1) is 0 Å². The van der Waals surface area contributed by atoms with Crippen molar-refractivity contribution in [3.8, 4) is 23.0 Å². The average molecular weight is 274 g/mol. The van der Waals surface area contributed by atoms with Crippen molar-refractivity contribution < 1.29 is 18.6 Å². The number of fused-ring (bicyclic) bond motifs is 1. The predicted molar refractivity (Wildman–Crippen MR) is 73.1 cm³/mol. The molecule has 3 nitrogen and oxygen atoms in total. The first-order valence-electron chi connectivity index (χ1n) is 6.50. The second-order valence-corrected chi connectivity index (χ2v) is 4.96. The van der Waals surface area contributed by atoms with Crippen LogP contribution in [0.4, 0.5) is 4.39 Å². The summed E-state index contributed by atoms with van der Waals surface area (Å²) in [4.78, 5) is 0. The Morgan fingerprint density at radius 1 is 1.05 bits per heavy atom. The molecule has 1 aliphatic heterocycles. The van der Waals surface area contributed by atoms with Crippen LogP contribution in [0.15, 0.2) is 36.4 Å². The van der Waals surface area contributed by atoms with Crippen LogP contribution in [0.3, 0.4) is 0 Å². The maximum atomic E-state index is 14.0. The summed E-state index contributed by atoms with van der Waals surface area (Å²) in [6, 6.07) is 10.2. The van der Waals surface area contributed by atoms with Gasteiger partial charge in [-0.2, -0.15) is 0 Å². The molecule has 0 fully saturated rings. The molecule has 0 saturated heterocycles. The van der Waals surface area contributed by atoms with Crippen molar-refractivity contribution >= 4 is 0 Å². The highest BCUT2D eigenvalue weighted by molar-refractivity contribution is 5.48. The molecule has 0 saturated carbocycles. The summed E-state index contributed by atoms with van der Waals surface area (Å²) in [5.74, 6) is 1.92. The molecule has 20 heavy (non-hydrogen) atoms. The molecule has 0 atom stereocenters. The lowest BCUT2D eigenvalue weighted by atomic mass is 10.0. The molecular weight excluding hydrogens is 259 g/mol. The fourth-order valence-electron chi connectivity index (χ4n) is 2.03. The van der Waals surface area contributed by atoms with Gasteiger partial charge in [0.1, 0.15) is 5.75 Å². The van der Waals surface area contributed by atoms with E-state index in [0.29, 0.717) is 17.2 Å². The summed E-state index contributed by atoms with van der Waals surface area (Å²) in [6.07, 6.45) is 0. The molecule has 104 valence electrons. The average Bonchev–Trinajstić information content (AvgIpc) is 2.88. The third-order valence-electron chi connectivity index (χ3n) is 3.19. The highest BCUT2D eigenvalue weighted by Crippen LogP contribution is 2.37. The van der Waals surface area contributed by atoms with Gasteiger partial charge in [0.25, 0.3) is 0 Å². The van der Waals surface area contributed by atoms with E-state index >= 15 is 0 Å². The lowest BCUT2D eigenvalue weighted by Crippen LogP contribution is -1.93. The van der Waals surface area contributed by atoms with Crippen LogP contribution < -0.4 is 14.2 Å². The van der Waals surface area contributed by atoms with Crippen LogP contribution in [0, 0.1) is 5.82 Å². The third kappa shape index (κ3) is 2.41. The van der Waals surface area contributed by atoms with Gasteiger partial charge in [-0.05, 0) is 35.7 Å². The Labute approximate surface area is 116 Å². The van der Waals surface area contributed by atoms with E-state index in [0.717, 1.165) is 5.56 Å². The molecule has 0 unspecified atom stereocenters. The van der Waals surface area contributed by atoms with Gasteiger partial charge < -0.3 is 14.2 Å². The first kappa shape index (κ1) is 12.8. The summed E-state index contributed by atoms with van der Waals surface area (Å²) in [6.45, 7) is 4.25. The summed E-state index contributed by atoms with van der Waals surface area (Å²) in [5, 5.41) is 0. The van der Waals surface area contributed by atoms with Gasteiger partial charge >= 0.3 is 0 Å². The van der Waals surface area contributed by atoms with Crippen molar-refractivity contribution in [3.05, 3.63) is 47.8 Å². The highest BCUT2D eigenvalue weighted by Gasteiger charge is 2.15. The Balaban J connectivity index is 1.84. The Hall–Kier alpha value is -2.23. The summed E-state index contributed by atoms with van der Waals surface area (Å²) < 4.78 is 30.0. The first-order valence-corrected chi connectivity index (χ1v) is 6.50. The van der Waals surface area contributed by atoms with E-state index in [2.05, 4.69) is 0 Å². The van der Waals surface area contributed by atoms with Crippen molar-refractivity contribution in [1.82, 2.24) is 0 Å². The second-order valence-electron chi connectivity index (χ2n) is 4.96. The van der Waals surface area contributed by atoms with Gasteiger partial charge in [0, 0.05) is 6.07 Å². The van der Waals surface area contributed by atoms with Crippen molar-refractivity contribution in [2.75, 3.05) is 6.79 Å². The molecule has 3 rings (SSSR count). The minimum Gasteiger partial charge on any atom is -0.454 e.